The van der Waals surface area contributed by atoms with Crippen molar-refractivity contribution in [2.24, 2.45) is 0 Å². The number of rotatable bonds is 5. The van der Waals surface area contributed by atoms with E-state index in [0.29, 0.717) is 0 Å². The van der Waals surface area contributed by atoms with E-state index in [1.54, 1.807) is 11.3 Å². The fourth-order valence-electron chi connectivity index (χ4n) is 2.90. The highest BCUT2D eigenvalue weighted by atomic mass is 32.1. The number of carbonyl (C=O) groups excluding carboxylic acids is 2. The molecule has 1 aliphatic rings. The van der Waals surface area contributed by atoms with E-state index in [9.17, 15) is 9.59 Å². The number of anilines is 1. The number of aryl methyl sites for hydroxylation is 2. The number of Topliss-reactive ketones (excluding diaryl/α,β-unsaturated/α-hetero) is 1. The van der Waals surface area contributed by atoms with E-state index in [1.165, 1.54) is 22.4 Å². The molecule has 0 unspecified atom stereocenters. The van der Waals surface area contributed by atoms with Crippen molar-refractivity contribution in [2.45, 2.75) is 33.1 Å². The van der Waals surface area contributed by atoms with Gasteiger partial charge in [0.2, 0.25) is 0 Å². The third-order valence-corrected chi connectivity index (χ3v) is 5.18. The van der Waals surface area contributed by atoms with Crippen LogP contribution in [0.2, 0.25) is 0 Å². The van der Waals surface area contributed by atoms with Crippen LogP contribution in [-0.4, -0.2) is 18.2 Å². The first-order chi connectivity index (χ1) is 11.1. The van der Waals surface area contributed by atoms with E-state index in [1.807, 2.05) is 36.6 Å². The highest BCUT2D eigenvalue weighted by molar-refractivity contribution is 7.10. The first-order valence-corrected chi connectivity index (χ1v) is 8.68. The first kappa shape index (κ1) is 15.9. The summed E-state index contributed by atoms with van der Waals surface area (Å²) < 4.78 is 0. The Kier molecular flexibility index (Phi) is 4.59. The van der Waals surface area contributed by atoms with E-state index in [4.69, 9.17) is 0 Å². The maximum atomic E-state index is 13.1. The van der Waals surface area contributed by atoms with Crippen molar-refractivity contribution in [3.63, 3.8) is 0 Å². The van der Waals surface area contributed by atoms with Crippen LogP contribution in [0.5, 0.6) is 0 Å². The Morgan fingerprint density at radius 1 is 1.26 bits per heavy atom. The van der Waals surface area contributed by atoms with Crippen LogP contribution in [0.3, 0.4) is 0 Å². The van der Waals surface area contributed by atoms with Gasteiger partial charge in [0.15, 0.2) is 0 Å². The van der Waals surface area contributed by atoms with E-state index >= 15 is 0 Å². The summed E-state index contributed by atoms with van der Waals surface area (Å²) in [4.78, 5) is 25.8. The molecular formula is C18H20N2O2S. The zero-order chi connectivity index (χ0) is 16.4. The van der Waals surface area contributed by atoms with E-state index < -0.39 is 0 Å². The summed E-state index contributed by atoms with van der Waals surface area (Å²) in [6.07, 6.45) is 3.15. The largest absolute Gasteiger partial charge is 0.299 e. The van der Waals surface area contributed by atoms with Crippen LogP contribution in [0.25, 0.3) is 0 Å². The number of hydrazine groups is 1. The summed E-state index contributed by atoms with van der Waals surface area (Å²) in [6.45, 7) is 3.60. The number of ketones is 1. The Bertz CT molecular complexity index is 751. The lowest BCUT2D eigenvalue weighted by molar-refractivity contribution is -0.116. The minimum atomic E-state index is -0.0834. The van der Waals surface area contributed by atoms with Crippen LogP contribution in [0.4, 0.5) is 5.69 Å². The minimum Gasteiger partial charge on any atom is -0.299 e. The van der Waals surface area contributed by atoms with Crippen molar-refractivity contribution in [1.82, 2.24) is 5.43 Å². The molecular weight excluding hydrogens is 308 g/mol. The maximum absolute atomic E-state index is 13.1. The Morgan fingerprint density at radius 3 is 2.78 bits per heavy atom. The maximum Gasteiger partial charge on any atom is 0.273 e. The molecule has 0 saturated heterocycles. The van der Waals surface area contributed by atoms with Gasteiger partial charge in [-0.1, -0.05) is 18.2 Å². The number of amides is 1. The van der Waals surface area contributed by atoms with Crippen LogP contribution in [0.15, 0.2) is 29.6 Å². The topological polar surface area (TPSA) is 49.4 Å². The predicted molar refractivity (Wildman–Crippen MR) is 93.0 cm³/mol. The van der Waals surface area contributed by atoms with Crippen LogP contribution >= 0.6 is 11.3 Å². The molecule has 0 radical (unpaired) electrons. The lowest BCUT2D eigenvalue weighted by Crippen LogP contribution is -2.45. The van der Waals surface area contributed by atoms with Gasteiger partial charge in [0.05, 0.1) is 17.8 Å². The molecule has 4 nitrogen and oxygen atoms in total. The van der Waals surface area contributed by atoms with Gasteiger partial charge >= 0.3 is 0 Å². The number of nitrogens with zero attached hydrogens (tertiary/aromatic N) is 1. The number of thiophene rings is 1. The van der Waals surface area contributed by atoms with Gasteiger partial charge in [-0.15, -0.1) is 11.3 Å². The fraction of sp³-hybridized carbons (Fsp3) is 0.333. The quantitative estimate of drug-likeness (QED) is 0.857. The number of hydrogen-bond acceptors (Lipinski definition) is 4. The van der Waals surface area contributed by atoms with Crippen molar-refractivity contribution in [3.05, 3.63) is 51.2 Å². The van der Waals surface area contributed by atoms with Gasteiger partial charge in [-0.2, -0.15) is 0 Å². The van der Waals surface area contributed by atoms with Crippen molar-refractivity contribution < 1.29 is 9.59 Å². The third kappa shape index (κ3) is 3.21. The summed E-state index contributed by atoms with van der Waals surface area (Å²) in [5.41, 5.74) is 6.72. The van der Waals surface area contributed by atoms with Gasteiger partial charge in [0.1, 0.15) is 5.78 Å². The fourth-order valence-corrected chi connectivity index (χ4v) is 4.02. The van der Waals surface area contributed by atoms with Crippen LogP contribution in [0.1, 0.15) is 39.7 Å². The van der Waals surface area contributed by atoms with Crippen LogP contribution in [-0.2, 0) is 17.6 Å². The number of benzene rings is 1. The summed E-state index contributed by atoms with van der Waals surface area (Å²) in [6, 6.07) is 7.70. The van der Waals surface area contributed by atoms with Crippen molar-refractivity contribution >= 4 is 28.7 Å². The number of fused-ring (bicyclic) bond motifs is 1. The minimum absolute atomic E-state index is 0.00747. The van der Waals surface area contributed by atoms with Crippen LogP contribution < -0.4 is 10.4 Å². The highest BCUT2D eigenvalue weighted by Crippen LogP contribution is 2.32. The second-order valence-corrected chi connectivity index (χ2v) is 6.83. The van der Waals surface area contributed by atoms with Crippen LogP contribution in [0, 0.1) is 6.92 Å². The first-order valence-electron chi connectivity index (χ1n) is 7.80. The molecule has 0 atom stereocenters. The molecule has 0 aliphatic heterocycles. The number of hydrogen-bond donors (Lipinski definition) is 1. The number of para-hydroxylation sites is 1. The molecule has 5 heteroatoms. The van der Waals surface area contributed by atoms with Gasteiger partial charge < -0.3 is 0 Å². The van der Waals surface area contributed by atoms with Crippen molar-refractivity contribution in [1.29, 1.82) is 0 Å². The molecule has 0 saturated carbocycles. The molecule has 3 rings (SSSR count). The third-order valence-electron chi connectivity index (χ3n) is 4.09. The van der Waals surface area contributed by atoms with Crippen molar-refractivity contribution in [2.75, 3.05) is 11.6 Å². The Labute approximate surface area is 140 Å². The Morgan fingerprint density at radius 2 is 2.04 bits per heavy atom. The van der Waals surface area contributed by atoms with Crippen molar-refractivity contribution in [3.8, 4) is 0 Å². The molecule has 1 aromatic carbocycles. The van der Waals surface area contributed by atoms with E-state index in [2.05, 4.69) is 5.43 Å². The normalized spacial score (nSPS) is 13.0. The average molecular weight is 328 g/mol. The molecule has 1 aromatic heterocycles. The molecule has 23 heavy (non-hydrogen) atoms. The zero-order valence-electron chi connectivity index (χ0n) is 13.4. The molecule has 0 bridgehead atoms. The Balaban J connectivity index is 1.95. The monoisotopic (exact) mass is 328 g/mol. The van der Waals surface area contributed by atoms with Gasteiger partial charge in [-0.25, -0.2) is 10.4 Å². The highest BCUT2D eigenvalue weighted by Gasteiger charge is 2.26. The Hall–Kier alpha value is -1.98. The smallest absolute Gasteiger partial charge is 0.273 e. The standard InChI is InChI=1S/C18H20N2O2S/c1-12-6-3-4-8-16(12)20(19-10-13(2)21)18(22)15-11-23-17-9-5-7-14(15)17/h3-4,6,8,11,19H,5,7,9-10H2,1-2H3. The molecule has 120 valence electrons. The van der Waals surface area contributed by atoms with E-state index in [-0.39, 0.29) is 18.2 Å². The van der Waals surface area contributed by atoms with Gasteiger partial charge in [-0.3, -0.25) is 9.59 Å². The molecule has 1 amide bonds. The molecule has 2 aromatic rings. The summed E-state index contributed by atoms with van der Waals surface area (Å²) in [7, 11) is 0. The zero-order valence-corrected chi connectivity index (χ0v) is 14.2. The van der Waals surface area contributed by atoms with Gasteiger partial charge in [0, 0.05) is 10.3 Å². The SMILES string of the molecule is CC(=O)CNN(C(=O)c1csc2c1CCC2)c1ccccc1C. The summed E-state index contributed by atoms with van der Waals surface area (Å²) in [5.74, 6) is -0.0909. The number of nitrogens with one attached hydrogen (secondary N) is 1. The van der Waals surface area contributed by atoms with E-state index in [0.717, 1.165) is 36.1 Å². The molecule has 1 aliphatic carbocycles. The summed E-state index contributed by atoms with van der Waals surface area (Å²) in [5, 5.41) is 3.48. The lowest BCUT2D eigenvalue weighted by Gasteiger charge is -2.25. The second kappa shape index (κ2) is 6.64. The lowest BCUT2D eigenvalue weighted by atomic mass is 10.1. The molecule has 1 heterocycles. The molecule has 0 spiro atoms. The molecule has 1 N–H and O–H groups in total. The van der Waals surface area contributed by atoms with Gasteiger partial charge in [-0.05, 0) is 50.3 Å². The number of carbonyl (C=O) groups is 2. The average Bonchev–Trinajstić information content (AvgIpc) is 3.11. The van der Waals surface area contributed by atoms with Gasteiger partial charge in [0.25, 0.3) is 5.91 Å². The summed E-state index contributed by atoms with van der Waals surface area (Å²) >= 11 is 1.67. The predicted octanol–water partition coefficient (Wildman–Crippen LogP) is 3.29. The second-order valence-electron chi connectivity index (χ2n) is 5.87. The molecule has 0 fully saturated rings.